The summed E-state index contributed by atoms with van der Waals surface area (Å²) in [6.45, 7) is 0. The van der Waals surface area contributed by atoms with Gasteiger partial charge in [-0.05, 0) is 88.8 Å². The molecule has 4 aromatic carbocycles. The molecular weight excluding hydrogens is 749 g/mol. The van der Waals surface area contributed by atoms with Crippen molar-refractivity contribution in [1.82, 2.24) is 45.4 Å². The first-order chi connectivity index (χ1) is 27.0. The third-order valence-corrected chi connectivity index (χ3v) is 8.13. The van der Waals surface area contributed by atoms with Crippen molar-refractivity contribution in [3.05, 3.63) is 192 Å². The quantitative estimate of drug-likeness (QED) is 0.160. The third-order valence-electron chi connectivity index (χ3n) is 8.13. The Hall–Kier alpha value is -7.07. The molecule has 16 heteroatoms. The first kappa shape index (κ1) is 41.1. The van der Waals surface area contributed by atoms with E-state index in [0.29, 0.717) is 30.3 Å². The summed E-state index contributed by atoms with van der Waals surface area (Å²) in [7, 11) is 0. The van der Waals surface area contributed by atoms with Crippen LogP contribution in [0.2, 0.25) is 0 Å². The lowest BCUT2D eigenvalue weighted by molar-refractivity contribution is -0.138. The number of benzene rings is 4. The molecule has 290 valence electrons. The van der Waals surface area contributed by atoms with Crippen LogP contribution in [0.25, 0.3) is 28.6 Å². The molecule has 0 fully saturated rings. The molecule has 8 aromatic rings. The van der Waals surface area contributed by atoms with E-state index in [0.717, 1.165) is 57.6 Å². The lowest BCUT2D eigenvalue weighted by Crippen LogP contribution is -2.04. The maximum absolute atomic E-state index is 12.7. The van der Waals surface area contributed by atoms with Gasteiger partial charge in [0.15, 0.2) is 11.6 Å². The number of aromatic nitrogens is 9. The number of pyridine rings is 2. The molecular formula is C41H33F6N9O. The molecule has 0 atom stereocenters. The fourth-order valence-corrected chi connectivity index (χ4v) is 5.40. The zero-order valence-electron chi connectivity index (χ0n) is 29.8. The van der Waals surface area contributed by atoms with Crippen LogP contribution in [-0.4, -0.2) is 50.8 Å². The van der Waals surface area contributed by atoms with Crippen LogP contribution in [0.5, 0.6) is 0 Å². The van der Waals surface area contributed by atoms with Crippen LogP contribution in [0.4, 0.5) is 26.3 Å². The Labute approximate surface area is 322 Å². The summed E-state index contributed by atoms with van der Waals surface area (Å²) in [6, 6.07) is 36.5. The van der Waals surface area contributed by atoms with Crippen molar-refractivity contribution in [1.29, 1.82) is 0 Å². The predicted molar refractivity (Wildman–Crippen MR) is 201 cm³/mol. The predicted octanol–water partition coefficient (Wildman–Crippen LogP) is 8.67. The second kappa shape index (κ2) is 19.0. The minimum absolute atomic E-state index is 0. The molecule has 0 aliphatic rings. The number of aromatic amines is 1. The number of tetrazole rings is 1. The number of halogens is 6. The van der Waals surface area contributed by atoms with Crippen molar-refractivity contribution in [3.63, 3.8) is 0 Å². The van der Waals surface area contributed by atoms with Crippen molar-refractivity contribution >= 4 is 0 Å². The second-order valence-corrected chi connectivity index (χ2v) is 12.0. The summed E-state index contributed by atoms with van der Waals surface area (Å²) in [4.78, 5) is 13.4. The van der Waals surface area contributed by atoms with Gasteiger partial charge in [-0.2, -0.15) is 31.4 Å². The molecule has 0 aliphatic heterocycles. The molecule has 0 radical (unpaired) electrons. The molecule has 0 spiro atoms. The highest BCUT2D eigenvalue weighted by molar-refractivity contribution is 5.61. The van der Waals surface area contributed by atoms with Gasteiger partial charge in [0, 0.05) is 29.7 Å². The topological polar surface area (TPSA) is 142 Å². The Bertz CT molecular complexity index is 2360. The van der Waals surface area contributed by atoms with Gasteiger partial charge in [-0.15, -0.1) is 15.0 Å². The minimum Gasteiger partial charge on any atom is -0.412 e. The Balaban J connectivity index is 0.000000190. The number of alkyl halides is 6. The van der Waals surface area contributed by atoms with E-state index in [-0.39, 0.29) is 5.48 Å². The van der Waals surface area contributed by atoms with Gasteiger partial charge in [0.1, 0.15) is 6.33 Å². The minimum atomic E-state index is -4.34. The zero-order chi connectivity index (χ0) is 39.4. The van der Waals surface area contributed by atoms with E-state index >= 15 is 0 Å². The monoisotopic (exact) mass is 781 g/mol. The highest BCUT2D eigenvalue weighted by Gasteiger charge is 2.30. The second-order valence-electron chi connectivity index (χ2n) is 12.0. The number of hydrogen-bond donors (Lipinski definition) is 1. The van der Waals surface area contributed by atoms with E-state index in [1.807, 2.05) is 72.8 Å². The summed E-state index contributed by atoms with van der Waals surface area (Å²) in [5.41, 5.74) is 3.79. The van der Waals surface area contributed by atoms with Crippen molar-refractivity contribution in [3.8, 4) is 28.6 Å². The van der Waals surface area contributed by atoms with E-state index in [4.69, 9.17) is 0 Å². The Morgan fingerprint density at radius 1 is 0.544 bits per heavy atom. The largest absolute Gasteiger partial charge is 0.416 e. The molecule has 57 heavy (non-hydrogen) atoms. The van der Waals surface area contributed by atoms with Gasteiger partial charge in [0.25, 0.3) is 0 Å². The average Bonchev–Trinajstić information content (AvgIpc) is 3.94. The molecule has 0 saturated carbocycles. The maximum Gasteiger partial charge on any atom is 0.416 e. The molecule has 4 aromatic heterocycles. The summed E-state index contributed by atoms with van der Waals surface area (Å²) >= 11 is 0. The van der Waals surface area contributed by atoms with Crippen molar-refractivity contribution in [2.75, 3.05) is 0 Å². The summed E-state index contributed by atoms with van der Waals surface area (Å²) in [5.74, 6) is 1.61. The first-order valence-electron chi connectivity index (χ1n) is 17.0. The van der Waals surface area contributed by atoms with E-state index in [2.05, 4.69) is 40.6 Å². The molecule has 0 unspecified atom stereocenters. The SMILES string of the molecule is FC(F)(F)c1ccc(Cc2ccccc2-c2ncn[nH]2)cc1.FC(F)(F)c1ccc(Cc2ccccc2-c2nnn(-c3ccccn3)n2)cc1.O.c1ccncc1. The number of rotatable bonds is 7. The van der Waals surface area contributed by atoms with E-state index < -0.39 is 23.5 Å². The number of hydrogen-bond acceptors (Lipinski definition) is 7. The summed E-state index contributed by atoms with van der Waals surface area (Å²) < 4.78 is 76.0. The normalized spacial score (nSPS) is 11.0. The van der Waals surface area contributed by atoms with Gasteiger partial charge < -0.3 is 5.48 Å². The van der Waals surface area contributed by atoms with Gasteiger partial charge in [-0.1, -0.05) is 84.9 Å². The Morgan fingerprint density at radius 2 is 1.07 bits per heavy atom. The molecule has 0 amide bonds. The van der Waals surface area contributed by atoms with Crippen LogP contribution in [0, 0.1) is 0 Å². The number of nitrogens with zero attached hydrogens (tertiary/aromatic N) is 8. The lowest BCUT2D eigenvalue weighted by atomic mass is 9.98. The van der Waals surface area contributed by atoms with Gasteiger partial charge in [-0.25, -0.2) is 9.97 Å². The van der Waals surface area contributed by atoms with Crippen molar-refractivity contribution in [2.45, 2.75) is 25.2 Å². The molecule has 0 aliphatic carbocycles. The smallest absolute Gasteiger partial charge is 0.412 e. The van der Waals surface area contributed by atoms with Gasteiger partial charge in [0.05, 0.1) is 11.1 Å². The lowest BCUT2D eigenvalue weighted by Gasteiger charge is -2.09. The third kappa shape index (κ3) is 11.5. The van der Waals surface area contributed by atoms with E-state index in [1.165, 1.54) is 35.4 Å². The standard InChI is InChI=1S/C20H14F3N5.C16H12F3N3.C5H5N.H2O/c21-20(22,23)16-10-8-14(9-11-16)13-15-5-1-2-6-17(15)19-25-27-28(26-19)18-7-3-4-12-24-18;17-16(18,19)13-7-5-11(6-8-13)9-12-3-1-2-4-14(12)15-20-10-21-22-15;1-2-4-6-5-3-1;/h1-12H,13H2;1-8,10H,9H2,(H,20,21,22);1-5H;1H2. The maximum atomic E-state index is 12.7. The van der Waals surface area contributed by atoms with Crippen molar-refractivity contribution in [2.24, 2.45) is 0 Å². The van der Waals surface area contributed by atoms with Crippen LogP contribution in [0.15, 0.2) is 158 Å². The van der Waals surface area contributed by atoms with Gasteiger partial charge >= 0.3 is 12.4 Å². The first-order valence-corrected chi connectivity index (χ1v) is 17.0. The van der Waals surface area contributed by atoms with E-state index in [9.17, 15) is 26.3 Å². The van der Waals surface area contributed by atoms with E-state index in [1.54, 1.807) is 30.7 Å². The zero-order valence-corrected chi connectivity index (χ0v) is 29.8. The van der Waals surface area contributed by atoms with Crippen LogP contribution >= 0.6 is 0 Å². The van der Waals surface area contributed by atoms with Gasteiger partial charge in [-0.3, -0.25) is 10.1 Å². The molecule has 0 bridgehead atoms. The van der Waals surface area contributed by atoms with Crippen LogP contribution in [-0.2, 0) is 25.2 Å². The van der Waals surface area contributed by atoms with Crippen LogP contribution in [0.1, 0.15) is 33.4 Å². The number of nitrogens with one attached hydrogen (secondary N) is 1. The highest BCUT2D eigenvalue weighted by atomic mass is 19.4. The Kier molecular flexibility index (Phi) is 13.7. The fraction of sp³-hybridized carbons (Fsp3) is 0.0976. The molecule has 10 nitrogen and oxygen atoms in total. The Morgan fingerprint density at radius 3 is 1.54 bits per heavy atom. The fourth-order valence-electron chi connectivity index (χ4n) is 5.40. The molecule has 0 saturated heterocycles. The van der Waals surface area contributed by atoms with Crippen LogP contribution in [0.3, 0.4) is 0 Å². The number of H-pyrrole nitrogens is 1. The highest BCUT2D eigenvalue weighted by Crippen LogP contribution is 2.31. The molecule has 8 rings (SSSR count). The molecule has 3 N–H and O–H groups in total. The molecule has 4 heterocycles. The van der Waals surface area contributed by atoms with Crippen LogP contribution < -0.4 is 0 Å². The summed E-state index contributed by atoms with van der Waals surface area (Å²) in [5, 5.41) is 19.1. The van der Waals surface area contributed by atoms with Gasteiger partial charge in [0.2, 0.25) is 5.82 Å². The summed E-state index contributed by atoms with van der Waals surface area (Å²) in [6.07, 6.45) is -1.12. The average molecular weight is 782 g/mol. The van der Waals surface area contributed by atoms with Crippen molar-refractivity contribution < 1.29 is 31.8 Å².